The molecule has 324 valence electrons. The van der Waals surface area contributed by atoms with Gasteiger partial charge in [-0.1, -0.05) is 6.07 Å². The third kappa shape index (κ3) is 7.29. The van der Waals surface area contributed by atoms with Crippen molar-refractivity contribution < 1.29 is 0 Å². The second-order valence-corrected chi connectivity index (χ2v) is 23.0. The van der Waals surface area contributed by atoms with Crippen LogP contribution in [0.15, 0.2) is 273 Å². The van der Waals surface area contributed by atoms with Crippen molar-refractivity contribution in [3.05, 3.63) is 284 Å². The van der Waals surface area contributed by atoms with Crippen molar-refractivity contribution in [3.8, 4) is 89.0 Å². The van der Waals surface area contributed by atoms with Crippen LogP contribution in [0.1, 0.15) is 0 Å². The molecule has 13 rings (SSSR count). The molecule has 0 radical (unpaired) electrons. The Morgan fingerprint density at radius 1 is 0.188 bits per heavy atom. The number of hydrogen-bond acceptors (Lipinski definition) is 0. The van der Waals surface area contributed by atoms with E-state index in [0.29, 0.717) is 0 Å². The monoisotopic (exact) mass is 988 g/mol. The van der Waals surface area contributed by atoms with Gasteiger partial charge in [0.15, 0.2) is 0 Å². The number of rotatable bonds is 8. The fourth-order valence-corrected chi connectivity index (χ4v) is 16.8. The second-order valence-electron chi connectivity index (χ2n) is 17.8. The molecule has 12 aromatic carbocycles. The number of hydrogen-bond donors (Lipinski definition) is 0. The normalized spacial score (nSPS) is 12.3. The summed E-state index contributed by atoms with van der Waals surface area (Å²) in [5.41, 5.74) is 20.2. The zero-order valence-electron chi connectivity index (χ0n) is 37.9. The Hall–Kier alpha value is -8.11. The Morgan fingerprint density at radius 3 is 1.00 bits per heavy atom. The molecule has 12 aromatic rings. The molecule has 69 heavy (non-hydrogen) atoms. The summed E-state index contributed by atoms with van der Waals surface area (Å²) in [5, 5.41) is 5.08. The van der Waals surface area contributed by atoms with Gasteiger partial charge in [0.2, 0.25) is 0 Å². The molecule has 0 aromatic heterocycles. The second kappa shape index (κ2) is 17.5. The number of fused-ring (bicyclic) bond motifs is 5. The van der Waals surface area contributed by atoms with E-state index in [1.807, 2.05) is 0 Å². The van der Waals surface area contributed by atoms with Gasteiger partial charge in [0, 0.05) is 0 Å². The predicted molar refractivity (Wildman–Crippen MR) is 301 cm³/mol. The molecule has 0 fully saturated rings. The fourth-order valence-electron chi connectivity index (χ4n) is 10.6. The molecule has 0 saturated heterocycles. The van der Waals surface area contributed by atoms with Crippen molar-refractivity contribution in [1.82, 2.24) is 0 Å². The average molecular weight is 989 g/mol. The summed E-state index contributed by atoms with van der Waals surface area (Å²) in [6.07, 6.45) is 0. The standard InChI is InChI=1S/C68H45I/c1-5-19-47(20-6-1)55-27-13-15-29-57(55)52-36-41-65-62(44-52)63-45-53(58-30-16-14-28-56(58)48-21-7-2-8-22-48)37-42-66(63)69(65)54-38-33-46(34-39-54)51-35-40-61-64(43-51)68(50-25-11-4-12-26-50)60-32-18-17-31-59(60)67(61)49-23-9-3-10-24-49/h1-45H. The third-order valence-corrected chi connectivity index (χ3v) is 20.0. The quantitative estimate of drug-likeness (QED) is 0.105. The maximum absolute atomic E-state index is 2.49. The van der Waals surface area contributed by atoms with Crippen LogP contribution < -0.4 is 0 Å². The summed E-state index contributed by atoms with van der Waals surface area (Å²) < 4.78 is 4.44. The molecule has 1 heterocycles. The molecule has 0 unspecified atom stereocenters. The van der Waals surface area contributed by atoms with E-state index in [0.717, 1.165) is 0 Å². The van der Waals surface area contributed by atoms with E-state index in [4.69, 9.17) is 0 Å². The van der Waals surface area contributed by atoms with Gasteiger partial charge in [-0.2, -0.15) is 0 Å². The first-order chi connectivity index (χ1) is 34.2. The Morgan fingerprint density at radius 2 is 0.536 bits per heavy atom. The van der Waals surface area contributed by atoms with Crippen LogP contribution in [0.3, 0.4) is 0 Å². The van der Waals surface area contributed by atoms with Crippen LogP contribution in [0.2, 0.25) is 0 Å². The van der Waals surface area contributed by atoms with Crippen molar-refractivity contribution >= 4 is 41.4 Å². The van der Waals surface area contributed by atoms with Gasteiger partial charge in [-0.15, -0.1) is 0 Å². The molecule has 0 atom stereocenters. The van der Waals surface area contributed by atoms with E-state index in [-0.39, 0.29) is 0 Å². The summed E-state index contributed by atoms with van der Waals surface area (Å²) in [7, 11) is 0. The first-order valence-corrected chi connectivity index (χ1v) is 27.0. The van der Waals surface area contributed by atoms with Gasteiger partial charge in [-0.3, -0.25) is 0 Å². The van der Waals surface area contributed by atoms with Gasteiger partial charge in [-0.05, 0) is 0 Å². The van der Waals surface area contributed by atoms with Gasteiger partial charge in [0.25, 0.3) is 0 Å². The minimum absolute atomic E-state index is 1.22. The summed E-state index contributed by atoms with van der Waals surface area (Å²) in [6.45, 7) is 0. The molecule has 0 N–H and O–H groups in total. The van der Waals surface area contributed by atoms with Crippen LogP contribution >= 0.6 is 19.8 Å². The zero-order valence-corrected chi connectivity index (χ0v) is 40.0. The molecule has 0 bridgehead atoms. The van der Waals surface area contributed by atoms with E-state index >= 15 is 0 Å². The molecule has 1 heteroatoms. The van der Waals surface area contributed by atoms with Crippen molar-refractivity contribution in [3.63, 3.8) is 0 Å². The van der Waals surface area contributed by atoms with Crippen LogP contribution in [0.25, 0.3) is 111 Å². The summed E-state index contributed by atoms with van der Waals surface area (Å²) in [4.78, 5) is 0. The molecule has 0 aliphatic carbocycles. The predicted octanol–water partition coefficient (Wildman–Crippen LogP) is 19.1. The van der Waals surface area contributed by atoms with E-state index in [9.17, 15) is 0 Å². The summed E-state index contributed by atoms with van der Waals surface area (Å²) in [6, 6.07) is 101. The molecule has 0 spiro atoms. The Bertz CT molecular complexity index is 3720. The maximum atomic E-state index is 2.49. The van der Waals surface area contributed by atoms with Gasteiger partial charge in [-0.25, -0.2) is 0 Å². The molecule has 0 nitrogen and oxygen atoms in total. The number of benzene rings is 12. The van der Waals surface area contributed by atoms with Gasteiger partial charge in [0.1, 0.15) is 0 Å². The molecule has 1 aliphatic rings. The topological polar surface area (TPSA) is 0 Å². The first kappa shape index (κ1) is 41.1. The van der Waals surface area contributed by atoms with E-state index in [1.54, 1.807) is 0 Å². The molecular formula is C68H45I. The Balaban J connectivity index is 0.951. The SMILES string of the molecule is c1ccc(-c2ccccc2-c2ccc3c(c2)-c2cc(-c4ccccc4-c4ccccc4)ccc2I3c2ccc(-c3ccc4c(-c5ccccc5)c5ccccc5c(-c5ccccc5)c4c3)cc2)cc1. The zero-order chi connectivity index (χ0) is 45.7. The summed E-state index contributed by atoms with van der Waals surface area (Å²) in [5.74, 6) is 0. The van der Waals surface area contributed by atoms with Crippen LogP contribution in [-0.2, 0) is 0 Å². The molecule has 0 saturated carbocycles. The van der Waals surface area contributed by atoms with Crippen LogP contribution in [0.4, 0.5) is 0 Å². The number of halogens is 1. The Labute approximate surface area is 411 Å². The third-order valence-electron chi connectivity index (χ3n) is 13.8. The fraction of sp³-hybridized carbons (Fsp3) is 0. The van der Waals surface area contributed by atoms with Crippen molar-refractivity contribution in [2.24, 2.45) is 0 Å². The van der Waals surface area contributed by atoms with Crippen molar-refractivity contribution in [1.29, 1.82) is 0 Å². The molecule has 1 aliphatic heterocycles. The van der Waals surface area contributed by atoms with Gasteiger partial charge in [0.05, 0.1) is 0 Å². The van der Waals surface area contributed by atoms with E-state index in [1.165, 1.54) is 121 Å². The van der Waals surface area contributed by atoms with Crippen molar-refractivity contribution in [2.45, 2.75) is 0 Å². The van der Waals surface area contributed by atoms with Gasteiger partial charge >= 0.3 is 408 Å². The van der Waals surface area contributed by atoms with E-state index < -0.39 is 19.8 Å². The minimum atomic E-state index is -2.13. The summed E-state index contributed by atoms with van der Waals surface area (Å²) >= 11 is -2.13. The van der Waals surface area contributed by atoms with E-state index in [2.05, 4.69) is 273 Å². The van der Waals surface area contributed by atoms with Crippen molar-refractivity contribution in [2.75, 3.05) is 0 Å². The van der Waals surface area contributed by atoms with Crippen LogP contribution in [0, 0.1) is 10.7 Å². The van der Waals surface area contributed by atoms with Crippen LogP contribution in [-0.4, -0.2) is 0 Å². The molecule has 0 amide bonds. The molecular weight excluding hydrogens is 944 g/mol. The average Bonchev–Trinajstić information content (AvgIpc) is 3.76. The van der Waals surface area contributed by atoms with Crippen LogP contribution in [0.5, 0.6) is 0 Å². The Kier molecular flexibility index (Phi) is 10.4. The van der Waals surface area contributed by atoms with Gasteiger partial charge < -0.3 is 0 Å². The first-order valence-electron chi connectivity index (χ1n) is 23.7.